The van der Waals surface area contributed by atoms with Crippen LogP contribution in [0.3, 0.4) is 0 Å². The summed E-state index contributed by atoms with van der Waals surface area (Å²) in [4.78, 5) is 11.1. The predicted octanol–water partition coefficient (Wildman–Crippen LogP) is 3.55. The maximum absolute atomic E-state index is 13.1. The number of nitrogens with one attached hydrogen (secondary N) is 1. The molecular weight excluding hydrogens is 395 g/mol. The van der Waals surface area contributed by atoms with Gasteiger partial charge in [0.1, 0.15) is 5.82 Å². The van der Waals surface area contributed by atoms with E-state index < -0.39 is 27.1 Å². The third-order valence-electron chi connectivity index (χ3n) is 5.42. The summed E-state index contributed by atoms with van der Waals surface area (Å²) in [5, 5.41) is 9.43. The van der Waals surface area contributed by atoms with Crippen LogP contribution < -0.4 is 4.72 Å². The van der Waals surface area contributed by atoms with Crippen LogP contribution in [-0.4, -0.2) is 29.3 Å². The van der Waals surface area contributed by atoms with Crippen molar-refractivity contribution < 1.29 is 22.7 Å². The van der Waals surface area contributed by atoms with Crippen LogP contribution in [0.15, 0.2) is 48.5 Å². The molecule has 3 aromatic rings. The second kappa shape index (κ2) is 7.51. The Hall–Kier alpha value is -2.87. The number of aryl methyl sites for hydroxylation is 1. The summed E-state index contributed by atoms with van der Waals surface area (Å²) in [5.74, 6) is -1.29. The highest BCUT2D eigenvalue weighted by atomic mass is 32.2. The number of halogens is 1. The zero-order valence-electron chi connectivity index (χ0n) is 15.6. The molecule has 1 aliphatic rings. The Kier molecular flexibility index (Phi) is 5.04. The quantitative estimate of drug-likeness (QED) is 0.643. The predicted molar refractivity (Wildman–Crippen MR) is 109 cm³/mol. The van der Waals surface area contributed by atoms with Crippen LogP contribution in [0, 0.1) is 5.82 Å². The van der Waals surface area contributed by atoms with Gasteiger partial charge in [0.15, 0.2) is 0 Å². The van der Waals surface area contributed by atoms with Crippen LogP contribution in [0.2, 0.25) is 0 Å². The fourth-order valence-electron chi connectivity index (χ4n) is 4.06. The number of anilines is 1. The van der Waals surface area contributed by atoms with Gasteiger partial charge >= 0.3 is 5.97 Å². The minimum absolute atomic E-state index is 0.0129. The number of sulfonamides is 1. The van der Waals surface area contributed by atoms with E-state index in [9.17, 15) is 17.6 Å². The van der Waals surface area contributed by atoms with Gasteiger partial charge in [-0.05, 0) is 55.2 Å². The Labute approximate surface area is 168 Å². The van der Waals surface area contributed by atoms with Crippen LogP contribution >= 0.6 is 0 Å². The first-order chi connectivity index (χ1) is 13.8. The molecule has 2 N–H and O–H groups in total. The molecule has 0 radical (unpaired) electrons. The van der Waals surface area contributed by atoms with Gasteiger partial charge in [-0.15, -0.1) is 0 Å². The normalized spacial score (nSPS) is 16.5. The molecule has 0 spiro atoms. The molecule has 29 heavy (non-hydrogen) atoms. The number of hydrogen-bond donors (Lipinski definition) is 2. The van der Waals surface area contributed by atoms with E-state index in [4.69, 9.17) is 5.11 Å². The smallest absolute Gasteiger partial charge is 0.305 e. The number of para-hydroxylation sites is 1. The zero-order valence-corrected chi connectivity index (χ0v) is 16.5. The number of benzene rings is 2. The number of carboxylic acid groups (broad SMARTS) is 1. The van der Waals surface area contributed by atoms with Gasteiger partial charge in [-0.3, -0.25) is 9.52 Å². The summed E-state index contributed by atoms with van der Waals surface area (Å²) < 4.78 is 43.5. The standard InChI is InChI=1S/C21H21FN2O4S/c22-14-5-7-15(8-6-14)23-29(27,28)16-9-10-20-18(13-16)17-3-1-2-4-19(17)24(20)12-11-21(25)26/h1-8,16,23H,9-13H2,(H,25,26). The number of fused-ring (bicyclic) bond motifs is 3. The lowest BCUT2D eigenvalue weighted by molar-refractivity contribution is -0.137. The summed E-state index contributed by atoms with van der Waals surface area (Å²) in [6, 6.07) is 12.9. The lowest BCUT2D eigenvalue weighted by Gasteiger charge is -2.24. The molecule has 1 unspecified atom stereocenters. The molecule has 152 valence electrons. The van der Waals surface area contributed by atoms with Crippen LogP contribution in [-0.2, 0) is 34.2 Å². The SMILES string of the molecule is O=C(O)CCn1c2c(c3ccccc31)CC(S(=O)(=O)Nc1ccc(F)cc1)CC2. The van der Waals surface area contributed by atoms with Gasteiger partial charge in [-0.25, -0.2) is 12.8 Å². The average Bonchev–Trinajstić information content (AvgIpc) is 3.01. The average molecular weight is 416 g/mol. The first-order valence-electron chi connectivity index (χ1n) is 9.43. The molecule has 1 heterocycles. The number of nitrogens with zero attached hydrogens (tertiary/aromatic N) is 1. The number of aromatic nitrogens is 1. The van der Waals surface area contributed by atoms with Crippen LogP contribution in [0.25, 0.3) is 10.9 Å². The number of rotatable bonds is 6. The van der Waals surface area contributed by atoms with Crippen molar-refractivity contribution in [1.29, 1.82) is 0 Å². The highest BCUT2D eigenvalue weighted by Gasteiger charge is 2.33. The second-order valence-corrected chi connectivity index (χ2v) is 9.22. The number of carboxylic acids is 1. The minimum Gasteiger partial charge on any atom is -0.481 e. The first kappa shape index (κ1) is 19.4. The summed E-state index contributed by atoms with van der Waals surface area (Å²) >= 11 is 0. The highest BCUT2D eigenvalue weighted by molar-refractivity contribution is 7.93. The van der Waals surface area contributed by atoms with Crippen molar-refractivity contribution in [2.45, 2.75) is 37.5 Å². The van der Waals surface area contributed by atoms with Crippen molar-refractivity contribution in [2.24, 2.45) is 0 Å². The number of hydrogen-bond acceptors (Lipinski definition) is 3. The van der Waals surface area contributed by atoms with E-state index in [0.29, 0.717) is 31.5 Å². The van der Waals surface area contributed by atoms with E-state index >= 15 is 0 Å². The van der Waals surface area contributed by atoms with Crippen molar-refractivity contribution in [3.05, 3.63) is 65.6 Å². The zero-order chi connectivity index (χ0) is 20.6. The van der Waals surface area contributed by atoms with E-state index in [2.05, 4.69) is 4.72 Å². The van der Waals surface area contributed by atoms with Crippen LogP contribution in [0.1, 0.15) is 24.1 Å². The Morgan fingerprint density at radius 1 is 1.17 bits per heavy atom. The third-order valence-corrected chi connectivity index (χ3v) is 7.22. The van der Waals surface area contributed by atoms with Gasteiger partial charge in [0.05, 0.1) is 11.7 Å². The van der Waals surface area contributed by atoms with Crippen LogP contribution in [0.4, 0.5) is 10.1 Å². The lowest BCUT2D eigenvalue weighted by Crippen LogP contribution is -2.33. The molecular formula is C21H21FN2O4S. The molecule has 0 saturated carbocycles. The molecule has 0 bridgehead atoms. The van der Waals surface area contributed by atoms with Crippen LogP contribution in [0.5, 0.6) is 0 Å². The van der Waals surface area contributed by atoms with Gasteiger partial charge < -0.3 is 9.67 Å². The molecule has 4 rings (SSSR count). The number of carbonyl (C=O) groups is 1. The molecule has 0 fully saturated rings. The van der Waals surface area contributed by atoms with Crippen molar-refractivity contribution in [3.63, 3.8) is 0 Å². The molecule has 1 atom stereocenters. The summed E-state index contributed by atoms with van der Waals surface area (Å²) in [6.07, 6.45) is 1.36. The van der Waals surface area contributed by atoms with Gasteiger partial charge in [-0.2, -0.15) is 0 Å². The highest BCUT2D eigenvalue weighted by Crippen LogP contribution is 2.34. The Balaban J connectivity index is 1.65. The maximum Gasteiger partial charge on any atom is 0.305 e. The molecule has 8 heteroatoms. The molecule has 2 aromatic carbocycles. The van der Waals surface area contributed by atoms with E-state index in [-0.39, 0.29) is 6.42 Å². The van der Waals surface area contributed by atoms with Gasteiger partial charge in [0.25, 0.3) is 0 Å². The largest absolute Gasteiger partial charge is 0.481 e. The molecule has 1 aromatic heterocycles. The molecule has 0 saturated heterocycles. The van der Waals surface area contributed by atoms with Gasteiger partial charge in [0.2, 0.25) is 10.0 Å². The third kappa shape index (κ3) is 3.85. The van der Waals surface area contributed by atoms with Crippen molar-refractivity contribution in [2.75, 3.05) is 4.72 Å². The molecule has 0 aliphatic heterocycles. The number of aliphatic carboxylic acids is 1. The summed E-state index contributed by atoms with van der Waals surface area (Å²) in [6.45, 7) is 0.358. The molecule has 1 aliphatic carbocycles. The van der Waals surface area contributed by atoms with E-state index in [1.54, 1.807) is 0 Å². The summed E-state index contributed by atoms with van der Waals surface area (Å²) in [5.41, 5.74) is 3.25. The monoisotopic (exact) mass is 416 g/mol. The lowest BCUT2D eigenvalue weighted by atomic mass is 9.95. The fraction of sp³-hybridized carbons (Fsp3) is 0.286. The van der Waals surface area contributed by atoms with Crippen molar-refractivity contribution in [3.8, 4) is 0 Å². The van der Waals surface area contributed by atoms with Gasteiger partial charge in [-0.1, -0.05) is 18.2 Å². The minimum atomic E-state index is -3.65. The maximum atomic E-state index is 13.1. The Morgan fingerprint density at radius 3 is 2.62 bits per heavy atom. The fourth-order valence-corrected chi connectivity index (χ4v) is 5.51. The topological polar surface area (TPSA) is 88.4 Å². The summed E-state index contributed by atoms with van der Waals surface area (Å²) in [7, 11) is -3.65. The second-order valence-electron chi connectivity index (χ2n) is 7.26. The Morgan fingerprint density at radius 2 is 1.90 bits per heavy atom. The van der Waals surface area contributed by atoms with E-state index in [1.165, 1.54) is 24.3 Å². The Bertz CT molecular complexity index is 1170. The van der Waals surface area contributed by atoms with E-state index in [0.717, 1.165) is 22.2 Å². The van der Waals surface area contributed by atoms with Gasteiger partial charge in [0, 0.05) is 28.8 Å². The van der Waals surface area contributed by atoms with Crippen molar-refractivity contribution in [1.82, 2.24) is 4.57 Å². The molecule has 6 nitrogen and oxygen atoms in total. The van der Waals surface area contributed by atoms with E-state index in [1.807, 2.05) is 28.8 Å². The van der Waals surface area contributed by atoms with Crippen molar-refractivity contribution >= 4 is 32.6 Å². The molecule has 0 amide bonds. The first-order valence-corrected chi connectivity index (χ1v) is 11.0.